The third-order valence-corrected chi connectivity index (χ3v) is 6.34. The molecule has 1 aliphatic heterocycles. The summed E-state index contributed by atoms with van der Waals surface area (Å²) in [5, 5.41) is 19.3. The number of carbonyl (C=O) groups excluding carboxylic acids is 1. The van der Waals surface area contributed by atoms with Crippen LogP contribution in [0.1, 0.15) is 10.7 Å². The lowest BCUT2D eigenvalue weighted by molar-refractivity contribution is -0.112. The zero-order valence-electron chi connectivity index (χ0n) is 15.9. The van der Waals surface area contributed by atoms with Crippen LogP contribution in [-0.2, 0) is 11.2 Å². The van der Waals surface area contributed by atoms with Gasteiger partial charge in [0.05, 0.1) is 17.1 Å². The highest BCUT2D eigenvalue weighted by molar-refractivity contribution is 7.99. The molecule has 0 unspecified atom stereocenters. The Kier molecular flexibility index (Phi) is 5.38. The number of nitriles is 1. The van der Waals surface area contributed by atoms with Crippen molar-refractivity contribution in [3.05, 3.63) is 63.9 Å². The van der Waals surface area contributed by atoms with Crippen LogP contribution in [0.4, 0.5) is 11.4 Å². The second-order valence-electron chi connectivity index (χ2n) is 6.45. The van der Waals surface area contributed by atoms with Crippen molar-refractivity contribution in [2.45, 2.75) is 11.6 Å². The van der Waals surface area contributed by atoms with E-state index in [1.54, 1.807) is 11.3 Å². The van der Waals surface area contributed by atoms with Gasteiger partial charge in [0.25, 0.3) is 0 Å². The molecule has 0 saturated carbocycles. The average molecular weight is 423 g/mol. The topological polar surface area (TPSA) is 88.9 Å². The number of aromatic nitrogens is 3. The predicted molar refractivity (Wildman–Crippen MR) is 115 cm³/mol. The molecule has 29 heavy (non-hydrogen) atoms. The molecule has 0 radical (unpaired) electrons. The lowest BCUT2D eigenvalue weighted by Gasteiger charge is -2.19. The number of hydrogen-bond donors (Lipinski definition) is 1. The fourth-order valence-corrected chi connectivity index (χ4v) is 4.66. The maximum Gasteiger partial charge on any atom is 0.208 e. The number of benzene rings is 1. The maximum atomic E-state index is 12.8. The van der Waals surface area contributed by atoms with Crippen LogP contribution >= 0.6 is 23.1 Å². The summed E-state index contributed by atoms with van der Waals surface area (Å²) in [6.45, 7) is 0. The Balaban J connectivity index is 1.47. The normalized spacial score (nSPS) is 12.8. The van der Waals surface area contributed by atoms with E-state index in [1.165, 1.54) is 16.6 Å². The van der Waals surface area contributed by atoms with Gasteiger partial charge < -0.3 is 9.80 Å². The summed E-state index contributed by atoms with van der Waals surface area (Å²) in [4.78, 5) is 22.2. The Hall–Kier alpha value is -3.09. The van der Waals surface area contributed by atoms with E-state index < -0.39 is 0 Å². The number of thioether (sulfide) groups is 1. The van der Waals surface area contributed by atoms with Gasteiger partial charge in [0.15, 0.2) is 5.78 Å². The molecule has 146 valence electrons. The Morgan fingerprint density at radius 1 is 1.21 bits per heavy atom. The number of hydrogen-bond acceptors (Lipinski definition) is 8. The quantitative estimate of drug-likeness (QED) is 0.370. The van der Waals surface area contributed by atoms with Crippen LogP contribution in [0.2, 0.25) is 0 Å². The standard InChI is InChI=1S/C20H18N6OS2/c1-25-15-7-3-4-8-16(15)26(2)19(25)14(11-21)17(27)12-29-20-22-18(23-24-20)10-13-6-5-9-28-13/h3-9H,10,12H2,1-2H3,(H,22,23,24). The molecule has 1 aromatic carbocycles. The average Bonchev–Trinajstić information content (AvgIpc) is 3.46. The smallest absolute Gasteiger partial charge is 0.208 e. The van der Waals surface area contributed by atoms with Gasteiger partial charge in [0.2, 0.25) is 5.16 Å². The second kappa shape index (κ2) is 8.11. The first kappa shape index (κ1) is 19.2. The molecule has 7 nitrogen and oxygen atoms in total. The molecule has 1 N–H and O–H groups in total. The van der Waals surface area contributed by atoms with Crippen molar-refractivity contribution in [2.75, 3.05) is 29.6 Å². The molecular formula is C20H18N6OS2. The first-order valence-electron chi connectivity index (χ1n) is 8.89. The molecule has 0 aliphatic carbocycles. The Bertz CT molecular complexity index is 1080. The first-order chi connectivity index (χ1) is 14.1. The van der Waals surface area contributed by atoms with E-state index in [-0.39, 0.29) is 17.1 Å². The second-order valence-corrected chi connectivity index (χ2v) is 8.42. The molecule has 0 fully saturated rings. The van der Waals surface area contributed by atoms with Crippen molar-refractivity contribution in [1.82, 2.24) is 15.2 Å². The third kappa shape index (κ3) is 3.77. The first-order valence-corrected chi connectivity index (χ1v) is 10.8. The Labute approximate surface area is 176 Å². The molecule has 0 saturated heterocycles. The lowest BCUT2D eigenvalue weighted by Crippen LogP contribution is -2.26. The van der Waals surface area contributed by atoms with Gasteiger partial charge in [0.1, 0.15) is 23.3 Å². The number of fused-ring (bicyclic) bond motifs is 1. The van der Waals surface area contributed by atoms with Gasteiger partial charge in [-0.15, -0.1) is 16.4 Å². The zero-order chi connectivity index (χ0) is 20.4. The monoisotopic (exact) mass is 422 g/mol. The molecule has 4 rings (SSSR count). The number of anilines is 2. The van der Waals surface area contributed by atoms with Crippen molar-refractivity contribution < 1.29 is 4.79 Å². The highest BCUT2D eigenvalue weighted by Crippen LogP contribution is 2.40. The third-order valence-electron chi connectivity index (χ3n) is 4.62. The number of nitrogens with zero attached hydrogens (tertiary/aromatic N) is 5. The summed E-state index contributed by atoms with van der Waals surface area (Å²) >= 11 is 2.89. The minimum atomic E-state index is -0.247. The molecule has 3 heterocycles. The largest absolute Gasteiger partial charge is 0.328 e. The molecule has 0 amide bonds. The van der Waals surface area contributed by atoms with Crippen LogP contribution in [0.5, 0.6) is 0 Å². The molecule has 9 heteroatoms. The summed E-state index contributed by atoms with van der Waals surface area (Å²) < 4.78 is 0. The van der Waals surface area contributed by atoms with Crippen molar-refractivity contribution in [3.8, 4) is 6.07 Å². The van der Waals surface area contributed by atoms with Crippen molar-refractivity contribution in [2.24, 2.45) is 0 Å². The zero-order valence-corrected chi connectivity index (χ0v) is 17.5. The number of H-pyrrole nitrogens is 1. The van der Waals surface area contributed by atoms with Crippen LogP contribution < -0.4 is 9.80 Å². The lowest BCUT2D eigenvalue weighted by atomic mass is 10.2. The SMILES string of the molecule is CN1C(=C(C#N)C(=O)CSc2n[nH]c(Cc3cccs3)n2)N(C)c2ccccc21. The summed E-state index contributed by atoms with van der Waals surface area (Å²) in [6, 6.07) is 13.9. The number of Topliss-reactive ketones (excluding diaryl/α,β-unsaturated/α-hetero) is 1. The van der Waals surface area contributed by atoms with Gasteiger partial charge in [-0.1, -0.05) is 30.0 Å². The molecule has 3 aromatic rings. The number of ketones is 1. The van der Waals surface area contributed by atoms with Gasteiger partial charge in [0, 0.05) is 25.4 Å². The van der Waals surface area contributed by atoms with E-state index in [0.29, 0.717) is 17.4 Å². The number of nitrogens with one attached hydrogen (secondary N) is 1. The predicted octanol–water partition coefficient (Wildman–Crippen LogP) is 3.44. The molecular weight excluding hydrogens is 404 g/mol. The van der Waals surface area contributed by atoms with Crippen LogP contribution in [0.25, 0.3) is 0 Å². The van der Waals surface area contributed by atoms with Crippen LogP contribution in [0, 0.1) is 11.3 Å². The highest BCUT2D eigenvalue weighted by atomic mass is 32.2. The molecule has 1 aliphatic rings. The minimum Gasteiger partial charge on any atom is -0.328 e. The molecule has 0 spiro atoms. The number of thiophene rings is 1. The van der Waals surface area contributed by atoms with E-state index in [2.05, 4.69) is 21.3 Å². The van der Waals surface area contributed by atoms with Gasteiger partial charge in [-0.05, 0) is 23.6 Å². The molecule has 0 atom stereocenters. The van der Waals surface area contributed by atoms with Crippen LogP contribution in [0.15, 0.2) is 58.3 Å². The number of rotatable bonds is 6. The van der Waals surface area contributed by atoms with Gasteiger partial charge in [-0.3, -0.25) is 9.89 Å². The summed E-state index contributed by atoms with van der Waals surface area (Å²) in [5.74, 6) is 1.20. The van der Waals surface area contributed by atoms with Gasteiger partial charge in [-0.25, -0.2) is 4.98 Å². The van der Waals surface area contributed by atoms with E-state index >= 15 is 0 Å². The number of carbonyl (C=O) groups is 1. The van der Waals surface area contributed by atoms with Crippen molar-refractivity contribution in [3.63, 3.8) is 0 Å². The van der Waals surface area contributed by atoms with E-state index in [4.69, 9.17) is 0 Å². The maximum absolute atomic E-state index is 12.8. The van der Waals surface area contributed by atoms with E-state index in [1.807, 2.05) is 65.7 Å². The van der Waals surface area contributed by atoms with Gasteiger partial charge in [-0.2, -0.15) is 5.26 Å². The number of aromatic amines is 1. The highest BCUT2D eigenvalue weighted by Gasteiger charge is 2.31. The summed E-state index contributed by atoms with van der Waals surface area (Å²) in [7, 11) is 3.73. The van der Waals surface area contributed by atoms with Crippen LogP contribution in [-0.4, -0.2) is 40.8 Å². The molecule has 0 bridgehead atoms. The fourth-order valence-electron chi connectivity index (χ4n) is 3.26. The Morgan fingerprint density at radius 2 is 1.93 bits per heavy atom. The van der Waals surface area contributed by atoms with Crippen molar-refractivity contribution >= 4 is 40.3 Å². The Morgan fingerprint density at radius 3 is 2.55 bits per heavy atom. The van der Waals surface area contributed by atoms with Gasteiger partial charge >= 0.3 is 0 Å². The van der Waals surface area contributed by atoms with Crippen molar-refractivity contribution in [1.29, 1.82) is 5.26 Å². The number of allylic oxidation sites excluding steroid dienone is 1. The van der Waals surface area contributed by atoms with E-state index in [9.17, 15) is 10.1 Å². The molecule has 2 aromatic heterocycles. The van der Waals surface area contributed by atoms with Crippen LogP contribution in [0.3, 0.4) is 0 Å². The number of para-hydroxylation sites is 2. The summed E-state index contributed by atoms with van der Waals surface area (Å²) in [5.41, 5.74) is 2.06. The van der Waals surface area contributed by atoms with E-state index in [0.717, 1.165) is 17.2 Å². The summed E-state index contributed by atoms with van der Waals surface area (Å²) in [6.07, 6.45) is 0.681. The minimum absolute atomic E-state index is 0.0979. The fraction of sp³-hybridized carbons (Fsp3) is 0.200.